The first kappa shape index (κ1) is 27.0. The molecule has 6 N–H and O–H groups in total. The Labute approximate surface area is 194 Å². The summed E-state index contributed by atoms with van der Waals surface area (Å²) in [4.78, 5) is 44.6. The van der Waals surface area contributed by atoms with Gasteiger partial charge in [-0.3, -0.25) is 19.2 Å². The molecular weight excluding hydrogens is 432 g/mol. The molecule has 6 unspecified atom stereocenters. The Hall–Kier alpha value is -2.20. The Balaban J connectivity index is 1.81. The van der Waals surface area contributed by atoms with E-state index in [-0.39, 0.29) is 23.9 Å². The summed E-state index contributed by atoms with van der Waals surface area (Å²) in [5.41, 5.74) is 0. The fourth-order valence-electron chi connectivity index (χ4n) is 5.71. The minimum absolute atomic E-state index is 0.0113. The van der Waals surface area contributed by atoms with Crippen molar-refractivity contribution in [3.63, 3.8) is 0 Å². The van der Waals surface area contributed by atoms with Gasteiger partial charge in [-0.15, -0.1) is 0 Å². The molecule has 2 saturated carbocycles. The zero-order valence-corrected chi connectivity index (χ0v) is 19.4. The number of rotatable bonds is 12. The molecule has 0 heterocycles. The quantitative estimate of drug-likeness (QED) is 0.248. The van der Waals surface area contributed by atoms with Gasteiger partial charge < -0.3 is 31.1 Å². The van der Waals surface area contributed by atoms with Crippen molar-refractivity contribution in [1.29, 1.82) is 0 Å². The molecule has 0 radical (unpaired) electrons. The lowest BCUT2D eigenvalue weighted by Crippen LogP contribution is -2.49. The highest BCUT2D eigenvalue weighted by atomic mass is 16.4. The molecule has 0 aromatic heterocycles. The Kier molecular flexibility index (Phi) is 10.1. The lowest BCUT2D eigenvalue weighted by molar-refractivity contribution is -0.146. The lowest BCUT2D eigenvalue weighted by atomic mass is 9.70. The molecule has 0 spiro atoms. The van der Waals surface area contributed by atoms with Gasteiger partial charge >= 0.3 is 23.9 Å². The summed E-state index contributed by atoms with van der Waals surface area (Å²) in [5.74, 6) is -2.98. The van der Waals surface area contributed by atoms with Crippen molar-refractivity contribution in [2.75, 3.05) is 0 Å². The largest absolute Gasteiger partial charge is 0.481 e. The second-order valence-corrected chi connectivity index (χ2v) is 10.1. The van der Waals surface area contributed by atoms with Gasteiger partial charge in [0, 0.05) is 12.1 Å². The van der Waals surface area contributed by atoms with E-state index in [2.05, 4.69) is 24.5 Å². The number of carboxylic acids is 4. The van der Waals surface area contributed by atoms with Gasteiger partial charge in [0.2, 0.25) is 0 Å². The van der Waals surface area contributed by atoms with Gasteiger partial charge in [-0.05, 0) is 68.6 Å². The summed E-state index contributed by atoms with van der Waals surface area (Å²) in [6, 6.07) is -2.18. The van der Waals surface area contributed by atoms with Gasteiger partial charge in [-0.1, -0.05) is 13.8 Å². The van der Waals surface area contributed by atoms with Crippen LogP contribution in [0.2, 0.25) is 0 Å². The van der Waals surface area contributed by atoms with E-state index < -0.39 is 48.8 Å². The molecule has 188 valence electrons. The summed E-state index contributed by atoms with van der Waals surface area (Å²) in [6.45, 7) is 4.17. The number of nitrogens with one attached hydrogen (secondary N) is 2. The smallest absolute Gasteiger partial charge is 0.321 e. The first-order chi connectivity index (χ1) is 15.5. The summed E-state index contributed by atoms with van der Waals surface area (Å²) in [7, 11) is 0. The third-order valence-electron chi connectivity index (χ3n) is 7.41. The number of hydrogen-bond donors (Lipinski definition) is 6. The van der Waals surface area contributed by atoms with Crippen molar-refractivity contribution in [3.8, 4) is 0 Å². The molecule has 0 saturated heterocycles. The summed E-state index contributed by atoms with van der Waals surface area (Å²) < 4.78 is 0. The van der Waals surface area contributed by atoms with Gasteiger partial charge in [-0.25, -0.2) is 0 Å². The Morgan fingerprint density at radius 1 is 0.697 bits per heavy atom. The normalized spacial score (nSPS) is 31.9. The van der Waals surface area contributed by atoms with Crippen LogP contribution in [-0.2, 0) is 19.2 Å². The second-order valence-electron chi connectivity index (χ2n) is 10.1. The Morgan fingerprint density at radius 2 is 1.06 bits per heavy atom. The second kappa shape index (κ2) is 12.3. The minimum atomic E-state index is -1.14. The zero-order chi connectivity index (χ0) is 24.7. The van der Waals surface area contributed by atoms with E-state index in [4.69, 9.17) is 10.2 Å². The predicted octanol–water partition coefficient (Wildman–Crippen LogP) is 2.02. The lowest BCUT2D eigenvalue weighted by Gasteiger charge is -2.40. The maximum absolute atomic E-state index is 11.4. The fourth-order valence-corrected chi connectivity index (χ4v) is 5.71. The summed E-state index contributed by atoms with van der Waals surface area (Å²) >= 11 is 0. The van der Waals surface area contributed by atoms with Crippen molar-refractivity contribution in [2.45, 2.75) is 95.8 Å². The molecule has 10 nitrogen and oxygen atoms in total. The first-order valence-corrected chi connectivity index (χ1v) is 11.9. The molecule has 0 aliphatic heterocycles. The van der Waals surface area contributed by atoms with E-state index in [1.165, 1.54) is 0 Å². The summed E-state index contributed by atoms with van der Waals surface area (Å²) in [6.07, 6.45) is 5.68. The maximum Gasteiger partial charge on any atom is 0.321 e. The molecule has 0 bridgehead atoms. The van der Waals surface area contributed by atoms with Crippen LogP contribution in [0.4, 0.5) is 0 Å². The summed E-state index contributed by atoms with van der Waals surface area (Å²) in [5, 5.41) is 42.5. The highest BCUT2D eigenvalue weighted by Crippen LogP contribution is 2.39. The number of carbonyl (C=O) groups is 4. The van der Waals surface area contributed by atoms with Gasteiger partial charge in [0.15, 0.2) is 0 Å². The first-order valence-electron chi connectivity index (χ1n) is 11.9. The number of hydrogen-bond acceptors (Lipinski definition) is 6. The topological polar surface area (TPSA) is 173 Å². The molecule has 33 heavy (non-hydrogen) atoms. The van der Waals surface area contributed by atoms with E-state index >= 15 is 0 Å². The van der Waals surface area contributed by atoms with Crippen LogP contribution in [0, 0.1) is 23.7 Å². The van der Waals surface area contributed by atoms with Gasteiger partial charge in [-0.2, -0.15) is 0 Å². The Bertz CT molecular complexity index is 657. The molecule has 2 fully saturated rings. The Morgan fingerprint density at radius 3 is 1.33 bits per heavy atom. The van der Waals surface area contributed by atoms with Crippen LogP contribution in [0.3, 0.4) is 0 Å². The van der Waals surface area contributed by atoms with Gasteiger partial charge in [0.05, 0.1) is 12.8 Å². The standard InChI is InChI=1S/C23H38N2O8/c1-12-7-14(3-5-16(12)24-18(22(30)31)10-20(26)27)9-15-4-6-17(13(2)8-15)25-19(23(32)33)11-21(28)29/h12-19,24-25H,3-11H2,1-2H3,(H,26,27)(H,28,29)(H,30,31)(H,32,33)/t12?,13?,14?,15?,16?,17?,18-,19-/m0/s1. The average molecular weight is 471 g/mol. The highest BCUT2D eigenvalue weighted by molar-refractivity contribution is 5.81. The maximum atomic E-state index is 11.4. The van der Waals surface area contributed by atoms with Crippen LogP contribution in [0.15, 0.2) is 0 Å². The van der Waals surface area contributed by atoms with Crippen LogP contribution in [0.1, 0.15) is 71.6 Å². The molecular formula is C23H38N2O8. The average Bonchev–Trinajstić information content (AvgIpc) is 2.69. The SMILES string of the molecule is CC1CC(CC2CCC(N[C@@H](CC(=O)O)C(=O)O)C(C)C2)CCC1N[C@@H](CC(=O)O)C(=O)O. The highest BCUT2D eigenvalue weighted by Gasteiger charge is 2.35. The monoisotopic (exact) mass is 470 g/mol. The third-order valence-corrected chi connectivity index (χ3v) is 7.41. The zero-order valence-electron chi connectivity index (χ0n) is 19.4. The molecule has 2 aliphatic carbocycles. The van der Waals surface area contributed by atoms with E-state index in [9.17, 15) is 29.4 Å². The fraction of sp³-hybridized carbons (Fsp3) is 0.826. The van der Waals surface area contributed by atoms with Gasteiger partial charge in [0.25, 0.3) is 0 Å². The van der Waals surface area contributed by atoms with Crippen LogP contribution in [0.25, 0.3) is 0 Å². The van der Waals surface area contributed by atoms with Gasteiger partial charge in [0.1, 0.15) is 12.1 Å². The van der Waals surface area contributed by atoms with E-state index in [1.54, 1.807) is 0 Å². The predicted molar refractivity (Wildman–Crippen MR) is 119 cm³/mol. The molecule has 2 aliphatic rings. The molecule has 2 rings (SSSR count). The minimum Gasteiger partial charge on any atom is -0.481 e. The van der Waals surface area contributed by atoms with Crippen LogP contribution in [0.5, 0.6) is 0 Å². The van der Waals surface area contributed by atoms with Crippen molar-refractivity contribution in [2.24, 2.45) is 23.7 Å². The van der Waals surface area contributed by atoms with Crippen molar-refractivity contribution >= 4 is 23.9 Å². The third kappa shape index (κ3) is 8.58. The number of aliphatic carboxylic acids is 4. The van der Waals surface area contributed by atoms with Crippen molar-refractivity contribution in [3.05, 3.63) is 0 Å². The van der Waals surface area contributed by atoms with E-state index in [0.29, 0.717) is 11.8 Å². The molecule has 8 atom stereocenters. The van der Waals surface area contributed by atoms with Crippen molar-refractivity contribution in [1.82, 2.24) is 10.6 Å². The van der Waals surface area contributed by atoms with Crippen molar-refractivity contribution < 1.29 is 39.6 Å². The molecule has 0 aromatic rings. The van der Waals surface area contributed by atoms with Crippen LogP contribution < -0.4 is 10.6 Å². The van der Waals surface area contributed by atoms with Crippen LogP contribution >= 0.6 is 0 Å². The van der Waals surface area contributed by atoms with E-state index in [0.717, 1.165) is 44.9 Å². The molecule has 10 heteroatoms. The number of carboxylic acid groups (broad SMARTS) is 4. The molecule has 0 amide bonds. The van der Waals surface area contributed by atoms with Crippen LogP contribution in [-0.4, -0.2) is 68.5 Å². The molecule has 0 aromatic carbocycles. The van der Waals surface area contributed by atoms with E-state index in [1.807, 2.05) is 0 Å².